The van der Waals surface area contributed by atoms with Gasteiger partial charge >= 0.3 is 0 Å². The molecule has 1 amide bonds. The Balaban J connectivity index is 2.22. The molecule has 1 saturated heterocycles. The van der Waals surface area contributed by atoms with Crippen molar-refractivity contribution in [1.29, 1.82) is 0 Å². The SMILES string of the molecule is Nc1c(F)cccc1C(=O)N1CCCC(O)C1. The van der Waals surface area contributed by atoms with Gasteiger partial charge in [0, 0.05) is 13.1 Å². The number of para-hydroxylation sites is 1. The smallest absolute Gasteiger partial charge is 0.256 e. The number of halogens is 1. The number of nitrogens with zero attached hydrogens (tertiary/aromatic N) is 1. The zero-order valence-electron chi connectivity index (χ0n) is 9.40. The molecule has 0 saturated carbocycles. The highest BCUT2D eigenvalue weighted by Gasteiger charge is 2.24. The second-order valence-electron chi connectivity index (χ2n) is 4.25. The molecule has 1 heterocycles. The number of likely N-dealkylation sites (tertiary alicyclic amines) is 1. The number of anilines is 1. The first-order valence-corrected chi connectivity index (χ1v) is 5.61. The third kappa shape index (κ3) is 2.39. The minimum atomic E-state index is -0.589. The first kappa shape index (κ1) is 11.9. The van der Waals surface area contributed by atoms with Gasteiger partial charge in [0.1, 0.15) is 5.82 Å². The quantitative estimate of drug-likeness (QED) is 0.717. The van der Waals surface area contributed by atoms with Gasteiger partial charge in [-0.15, -0.1) is 0 Å². The van der Waals surface area contributed by atoms with Crippen molar-refractivity contribution in [3.63, 3.8) is 0 Å². The van der Waals surface area contributed by atoms with Crippen LogP contribution >= 0.6 is 0 Å². The van der Waals surface area contributed by atoms with Crippen molar-refractivity contribution in [2.75, 3.05) is 18.8 Å². The first-order valence-electron chi connectivity index (χ1n) is 5.61. The minimum Gasteiger partial charge on any atom is -0.396 e. The van der Waals surface area contributed by atoms with Crippen molar-refractivity contribution < 1.29 is 14.3 Å². The highest BCUT2D eigenvalue weighted by Crippen LogP contribution is 2.20. The Labute approximate surface area is 98.8 Å². The fourth-order valence-electron chi connectivity index (χ4n) is 2.03. The van der Waals surface area contributed by atoms with Crippen LogP contribution in [0.1, 0.15) is 23.2 Å². The molecule has 3 N–H and O–H groups in total. The van der Waals surface area contributed by atoms with Crippen LogP contribution in [0.15, 0.2) is 18.2 Å². The zero-order chi connectivity index (χ0) is 12.4. The van der Waals surface area contributed by atoms with E-state index in [9.17, 15) is 14.3 Å². The van der Waals surface area contributed by atoms with Gasteiger partial charge in [-0.3, -0.25) is 4.79 Å². The fraction of sp³-hybridized carbons (Fsp3) is 0.417. The molecule has 92 valence electrons. The fourth-order valence-corrected chi connectivity index (χ4v) is 2.03. The number of nitrogen functional groups attached to an aromatic ring is 1. The van der Waals surface area contributed by atoms with E-state index in [0.29, 0.717) is 13.0 Å². The van der Waals surface area contributed by atoms with Gasteiger partial charge in [0.05, 0.1) is 17.4 Å². The van der Waals surface area contributed by atoms with E-state index in [1.807, 2.05) is 0 Å². The van der Waals surface area contributed by atoms with E-state index in [4.69, 9.17) is 5.73 Å². The molecule has 4 nitrogen and oxygen atoms in total. The van der Waals surface area contributed by atoms with E-state index in [1.165, 1.54) is 23.1 Å². The van der Waals surface area contributed by atoms with Crippen LogP contribution < -0.4 is 5.73 Å². The number of aliphatic hydroxyl groups is 1. The lowest BCUT2D eigenvalue weighted by atomic mass is 10.1. The maximum Gasteiger partial charge on any atom is 0.256 e. The second-order valence-corrected chi connectivity index (χ2v) is 4.25. The van der Waals surface area contributed by atoms with Crippen molar-refractivity contribution in [2.24, 2.45) is 0 Å². The summed E-state index contributed by atoms with van der Waals surface area (Å²) < 4.78 is 13.2. The van der Waals surface area contributed by atoms with E-state index in [0.717, 1.165) is 6.42 Å². The summed E-state index contributed by atoms with van der Waals surface area (Å²) in [6, 6.07) is 4.18. The molecule has 1 aliphatic heterocycles. The zero-order valence-corrected chi connectivity index (χ0v) is 9.40. The third-order valence-electron chi connectivity index (χ3n) is 2.97. The Morgan fingerprint density at radius 3 is 3.00 bits per heavy atom. The summed E-state index contributed by atoms with van der Waals surface area (Å²) in [7, 11) is 0. The molecule has 1 aromatic rings. The number of rotatable bonds is 1. The molecule has 5 heteroatoms. The number of β-amino-alcohol motifs (C(OH)–C–C–N with tert-alkyl or cyclic N) is 1. The molecule has 1 aliphatic rings. The Morgan fingerprint density at radius 1 is 1.53 bits per heavy atom. The van der Waals surface area contributed by atoms with Gasteiger partial charge < -0.3 is 15.7 Å². The second kappa shape index (κ2) is 4.71. The molecule has 17 heavy (non-hydrogen) atoms. The maximum absolute atomic E-state index is 13.2. The normalized spacial score (nSPS) is 20.4. The minimum absolute atomic E-state index is 0.127. The highest BCUT2D eigenvalue weighted by molar-refractivity contribution is 5.99. The van der Waals surface area contributed by atoms with Gasteiger partial charge in [-0.05, 0) is 25.0 Å². The van der Waals surface area contributed by atoms with Crippen LogP contribution in [0.2, 0.25) is 0 Å². The molecule has 0 radical (unpaired) electrons. The number of carbonyl (C=O) groups is 1. The van der Waals surface area contributed by atoms with Gasteiger partial charge in [0.25, 0.3) is 5.91 Å². The Morgan fingerprint density at radius 2 is 2.29 bits per heavy atom. The van der Waals surface area contributed by atoms with Crippen molar-refractivity contribution in [1.82, 2.24) is 4.90 Å². The van der Waals surface area contributed by atoms with Crippen LogP contribution in [0.25, 0.3) is 0 Å². The lowest BCUT2D eigenvalue weighted by molar-refractivity contribution is 0.0474. The molecule has 0 aliphatic carbocycles. The summed E-state index contributed by atoms with van der Waals surface area (Å²) in [5.74, 6) is -0.908. The van der Waals surface area contributed by atoms with Gasteiger partial charge in [-0.25, -0.2) is 4.39 Å². The number of hydrogen-bond donors (Lipinski definition) is 2. The molecule has 0 aromatic heterocycles. The lowest BCUT2D eigenvalue weighted by Crippen LogP contribution is -2.42. The average Bonchev–Trinajstić information content (AvgIpc) is 2.32. The number of piperidine rings is 1. The largest absolute Gasteiger partial charge is 0.396 e. The summed E-state index contributed by atoms with van der Waals surface area (Å²) >= 11 is 0. The number of hydrogen-bond acceptors (Lipinski definition) is 3. The van der Waals surface area contributed by atoms with Crippen molar-refractivity contribution in [2.45, 2.75) is 18.9 Å². The Hall–Kier alpha value is -1.62. The molecule has 0 bridgehead atoms. The molecular weight excluding hydrogens is 223 g/mol. The molecule has 1 aromatic carbocycles. The van der Waals surface area contributed by atoms with Crippen LogP contribution in [-0.2, 0) is 0 Å². The summed E-state index contributed by atoms with van der Waals surface area (Å²) in [4.78, 5) is 13.6. The van der Waals surface area contributed by atoms with Crippen LogP contribution in [0, 0.1) is 5.82 Å². The van der Waals surface area contributed by atoms with E-state index in [1.54, 1.807) is 0 Å². The number of carbonyl (C=O) groups excluding carboxylic acids is 1. The van der Waals surface area contributed by atoms with Crippen LogP contribution in [0.5, 0.6) is 0 Å². The standard InChI is InChI=1S/C12H15FN2O2/c13-10-5-1-4-9(11(10)14)12(17)15-6-2-3-8(16)7-15/h1,4-5,8,16H,2-3,6-7,14H2. The van der Waals surface area contributed by atoms with Gasteiger partial charge in [0.15, 0.2) is 0 Å². The maximum atomic E-state index is 13.2. The predicted octanol–water partition coefficient (Wildman–Crippen LogP) is 1.00. The number of amides is 1. The van der Waals surface area contributed by atoms with Crippen molar-refractivity contribution >= 4 is 11.6 Å². The molecular formula is C12H15FN2O2. The molecule has 1 atom stereocenters. The van der Waals surface area contributed by atoms with E-state index in [2.05, 4.69) is 0 Å². The Kier molecular flexibility index (Phi) is 3.28. The van der Waals surface area contributed by atoms with E-state index < -0.39 is 11.9 Å². The average molecular weight is 238 g/mol. The first-order chi connectivity index (χ1) is 8.09. The van der Waals surface area contributed by atoms with Crippen LogP contribution in [-0.4, -0.2) is 35.1 Å². The van der Waals surface area contributed by atoms with Gasteiger partial charge in [-0.1, -0.05) is 6.07 Å². The summed E-state index contributed by atoms with van der Waals surface area (Å²) in [6.07, 6.45) is 0.951. The van der Waals surface area contributed by atoms with E-state index >= 15 is 0 Å². The Bertz CT molecular complexity index is 437. The third-order valence-corrected chi connectivity index (χ3v) is 2.97. The molecule has 0 spiro atoms. The molecule has 1 unspecified atom stereocenters. The highest BCUT2D eigenvalue weighted by atomic mass is 19.1. The van der Waals surface area contributed by atoms with Crippen molar-refractivity contribution in [3.8, 4) is 0 Å². The number of benzene rings is 1. The number of nitrogens with two attached hydrogens (primary N) is 1. The molecule has 2 rings (SSSR count). The van der Waals surface area contributed by atoms with E-state index in [-0.39, 0.29) is 23.7 Å². The van der Waals surface area contributed by atoms with Crippen LogP contribution in [0.3, 0.4) is 0 Å². The van der Waals surface area contributed by atoms with Crippen molar-refractivity contribution in [3.05, 3.63) is 29.6 Å². The van der Waals surface area contributed by atoms with Gasteiger partial charge in [-0.2, -0.15) is 0 Å². The molecule has 1 fully saturated rings. The summed E-state index contributed by atoms with van der Waals surface area (Å²) in [5, 5.41) is 9.50. The predicted molar refractivity (Wildman–Crippen MR) is 62.0 cm³/mol. The van der Waals surface area contributed by atoms with Gasteiger partial charge in [0.2, 0.25) is 0 Å². The number of aliphatic hydroxyl groups excluding tert-OH is 1. The lowest BCUT2D eigenvalue weighted by Gasteiger charge is -2.30. The summed E-state index contributed by atoms with van der Waals surface area (Å²) in [6.45, 7) is 0.862. The topological polar surface area (TPSA) is 66.6 Å². The van der Waals surface area contributed by atoms with Crippen LogP contribution in [0.4, 0.5) is 10.1 Å². The summed E-state index contributed by atoms with van der Waals surface area (Å²) in [5.41, 5.74) is 5.58. The monoisotopic (exact) mass is 238 g/mol.